The van der Waals surface area contributed by atoms with Crippen molar-refractivity contribution >= 4 is 11.4 Å². The molecule has 72 valence electrons. The molecular weight excluding hydrogens is 148 g/mol. The fraction of sp³-hybridized carbons (Fsp3) is 0.400. The maximum Gasteiger partial charge on any atom is 0.0315 e. The van der Waals surface area contributed by atoms with Gasteiger partial charge in [-0.05, 0) is 24.3 Å². The van der Waals surface area contributed by atoms with Gasteiger partial charge >= 0.3 is 0 Å². The highest BCUT2D eigenvalue weighted by Crippen LogP contribution is 2.04. The average Bonchev–Trinajstić information content (AvgIpc) is 2.00. The molecule has 0 aliphatic rings. The van der Waals surface area contributed by atoms with E-state index in [9.17, 15) is 0 Å². The zero-order chi connectivity index (χ0) is 7.98. The minimum absolute atomic E-state index is 0. The molecule has 0 aliphatic carbocycles. The highest BCUT2D eigenvalue weighted by Gasteiger charge is 1.80. The van der Waals surface area contributed by atoms with Crippen molar-refractivity contribution in [3.05, 3.63) is 24.3 Å². The summed E-state index contributed by atoms with van der Waals surface area (Å²) in [5, 5.41) is 0. The number of nitrogen functional groups attached to an aromatic ring is 2. The molecule has 0 heterocycles. The largest absolute Gasteiger partial charge is 0.399 e. The monoisotopic (exact) mass is 170 g/mol. The molecular formula is C10H22N2. The summed E-state index contributed by atoms with van der Waals surface area (Å²) in [6.45, 7) is 4.00. The molecule has 0 amide bonds. The smallest absolute Gasteiger partial charge is 0.0315 e. The van der Waals surface area contributed by atoms with Gasteiger partial charge in [0.15, 0.2) is 0 Å². The van der Waals surface area contributed by atoms with Gasteiger partial charge in [0.2, 0.25) is 0 Å². The van der Waals surface area contributed by atoms with E-state index in [0.717, 1.165) is 11.4 Å². The van der Waals surface area contributed by atoms with Gasteiger partial charge in [-0.15, -0.1) is 0 Å². The van der Waals surface area contributed by atoms with Crippen molar-refractivity contribution in [1.29, 1.82) is 0 Å². The lowest BCUT2D eigenvalue weighted by Gasteiger charge is -1.90. The molecule has 0 fully saturated rings. The van der Waals surface area contributed by atoms with Crippen LogP contribution in [0.15, 0.2) is 24.3 Å². The van der Waals surface area contributed by atoms with Crippen molar-refractivity contribution in [2.75, 3.05) is 11.5 Å². The molecule has 4 N–H and O–H groups in total. The number of nitrogens with two attached hydrogens (primary N) is 2. The maximum atomic E-state index is 5.37. The SMILES string of the molecule is C.C.CC.Nc1ccc(N)cc1. The fourth-order valence-electron chi connectivity index (χ4n) is 0.496. The lowest BCUT2D eigenvalue weighted by atomic mass is 10.3. The summed E-state index contributed by atoms with van der Waals surface area (Å²) in [4.78, 5) is 0. The van der Waals surface area contributed by atoms with E-state index in [-0.39, 0.29) is 14.9 Å². The molecule has 12 heavy (non-hydrogen) atoms. The first-order valence-electron chi connectivity index (χ1n) is 3.40. The van der Waals surface area contributed by atoms with E-state index < -0.39 is 0 Å². The summed E-state index contributed by atoms with van der Waals surface area (Å²) in [6, 6.07) is 7.09. The van der Waals surface area contributed by atoms with Crippen LogP contribution in [0.4, 0.5) is 11.4 Å². The van der Waals surface area contributed by atoms with Gasteiger partial charge in [0.05, 0.1) is 0 Å². The van der Waals surface area contributed by atoms with Crippen LogP contribution in [0.2, 0.25) is 0 Å². The number of anilines is 2. The van der Waals surface area contributed by atoms with E-state index in [1.54, 1.807) is 24.3 Å². The molecule has 0 spiro atoms. The van der Waals surface area contributed by atoms with Crippen molar-refractivity contribution < 1.29 is 0 Å². The van der Waals surface area contributed by atoms with E-state index in [1.807, 2.05) is 13.8 Å². The fourth-order valence-corrected chi connectivity index (χ4v) is 0.496. The average molecular weight is 170 g/mol. The Kier molecular flexibility index (Phi) is 14.0. The van der Waals surface area contributed by atoms with E-state index in [1.165, 1.54) is 0 Å². The van der Waals surface area contributed by atoms with Crippen LogP contribution in [0.1, 0.15) is 28.7 Å². The van der Waals surface area contributed by atoms with Gasteiger partial charge in [-0.2, -0.15) is 0 Å². The predicted octanol–water partition coefficient (Wildman–Crippen LogP) is 3.15. The quantitative estimate of drug-likeness (QED) is 0.588. The summed E-state index contributed by atoms with van der Waals surface area (Å²) in [5.74, 6) is 0. The third-order valence-electron chi connectivity index (χ3n) is 0.936. The third-order valence-corrected chi connectivity index (χ3v) is 0.936. The highest BCUT2D eigenvalue weighted by atomic mass is 14.6. The molecule has 0 aliphatic heterocycles. The Bertz CT molecular complexity index is 147. The van der Waals surface area contributed by atoms with Gasteiger partial charge in [0.1, 0.15) is 0 Å². The number of hydrogen-bond acceptors (Lipinski definition) is 2. The molecule has 2 nitrogen and oxygen atoms in total. The Balaban J connectivity index is -0.000000189. The van der Waals surface area contributed by atoms with E-state index in [2.05, 4.69) is 0 Å². The Hall–Kier alpha value is -1.18. The minimum Gasteiger partial charge on any atom is -0.399 e. The summed E-state index contributed by atoms with van der Waals surface area (Å²) in [6.07, 6.45) is 0. The number of benzene rings is 1. The second-order valence-corrected chi connectivity index (χ2v) is 1.67. The lowest BCUT2D eigenvalue weighted by molar-refractivity contribution is 1.50. The van der Waals surface area contributed by atoms with Crippen LogP contribution in [-0.2, 0) is 0 Å². The second kappa shape index (κ2) is 9.82. The highest BCUT2D eigenvalue weighted by molar-refractivity contribution is 5.47. The summed E-state index contributed by atoms with van der Waals surface area (Å²) < 4.78 is 0. The van der Waals surface area contributed by atoms with Gasteiger partial charge < -0.3 is 11.5 Å². The van der Waals surface area contributed by atoms with Gasteiger partial charge in [-0.25, -0.2) is 0 Å². The van der Waals surface area contributed by atoms with Crippen LogP contribution in [0, 0.1) is 0 Å². The molecule has 1 rings (SSSR count). The first-order valence-corrected chi connectivity index (χ1v) is 3.40. The third kappa shape index (κ3) is 6.93. The van der Waals surface area contributed by atoms with Crippen molar-refractivity contribution in [2.45, 2.75) is 28.7 Å². The Morgan fingerprint density at radius 3 is 1.08 bits per heavy atom. The standard InChI is InChI=1S/C6H8N2.C2H6.2CH4/c7-5-1-2-6(8)4-3-5;1-2;;/h1-4H,7-8H2;1-2H3;2*1H4. The van der Waals surface area contributed by atoms with E-state index in [0.29, 0.717) is 0 Å². The van der Waals surface area contributed by atoms with Crippen LogP contribution in [-0.4, -0.2) is 0 Å². The maximum absolute atomic E-state index is 5.37. The van der Waals surface area contributed by atoms with Gasteiger partial charge in [0.25, 0.3) is 0 Å². The zero-order valence-corrected chi connectivity index (χ0v) is 6.46. The van der Waals surface area contributed by atoms with Gasteiger partial charge in [-0.3, -0.25) is 0 Å². The molecule has 1 aromatic carbocycles. The van der Waals surface area contributed by atoms with Crippen LogP contribution in [0.3, 0.4) is 0 Å². The van der Waals surface area contributed by atoms with Crippen molar-refractivity contribution in [3.63, 3.8) is 0 Å². The van der Waals surface area contributed by atoms with Gasteiger partial charge in [0, 0.05) is 11.4 Å². The molecule has 0 unspecified atom stereocenters. The summed E-state index contributed by atoms with van der Waals surface area (Å²) >= 11 is 0. The topological polar surface area (TPSA) is 52.0 Å². The number of hydrogen-bond donors (Lipinski definition) is 2. The molecule has 2 heteroatoms. The van der Waals surface area contributed by atoms with Crippen LogP contribution in [0.5, 0.6) is 0 Å². The van der Waals surface area contributed by atoms with Crippen LogP contribution >= 0.6 is 0 Å². The van der Waals surface area contributed by atoms with Crippen molar-refractivity contribution in [2.24, 2.45) is 0 Å². The zero-order valence-electron chi connectivity index (χ0n) is 6.46. The molecule has 0 atom stereocenters. The van der Waals surface area contributed by atoms with Crippen molar-refractivity contribution in [1.82, 2.24) is 0 Å². The van der Waals surface area contributed by atoms with Crippen LogP contribution in [0.25, 0.3) is 0 Å². The Morgan fingerprint density at radius 1 is 0.750 bits per heavy atom. The van der Waals surface area contributed by atoms with E-state index >= 15 is 0 Å². The second-order valence-electron chi connectivity index (χ2n) is 1.67. The summed E-state index contributed by atoms with van der Waals surface area (Å²) in [7, 11) is 0. The number of rotatable bonds is 0. The first-order chi connectivity index (χ1) is 4.79. The first kappa shape index (κ1) is 17.1. The molecule has 0 aromatic heterocycles. The molecule has 0 saturated heterocycles. The van der Waals surface area contributed by atoms with Gasteiger partial charge in [-0.1, -0.05) is 28.7 Å². The normalized spacial score (nSPS) is 6.50. The van der Waals surface area contributed by atoms with Crippen molar-refractivity contribution in [3.8, 4) is 0 Å². The molecule has 1 aromatic rings. The van der Waals surface area contributed by atoms with Crippen LogP contribution < -0.4 is 11.5 Å². The Morgan fingerprint density at radius 2 is 0.917 bits per heavy atom. The lowest BCUT2D eigenvalue weighted by Crippen LogP contribution is -1.86. The van der Waals surface area contributed by atoms with E-state index in [4.69, 9.17) is 11.5 Å². The molecule has 0 radical (unpaired) electrons. The summed E-state index contributed by atoms with van der Waals surface area (Å²) in [5.41, 5.74) is 12.2. The molecule has 0 bridgehead atoms. The minimum atomic E-state index is 0. The predicted molar refractivity (Wildman–Crippen MR) is 60.1 cm³/mol. The molecule has 0 saturated carbocycles. The Labute approximate surface area is 76.6 Å².